The minimum Gasteiger partial charge on any atom is -0.324 e. The highest BCUT2D eigenvalue weighted by Gasteiger charge is 2.30. The smallest absolute Gasteiger partial charge is 0.242 e. The largest absolute Gasteiger partial charge is 0.324 e. The average molecular weight is 330 g/mol. The molecule has 3 N–H and O–H groups in total. The molecule has 0 aromatic heterocycles. The molecule has 2 unspecified atom stereocenters. The Balaban J connectivity index is 1.65. The van der Waals surface area contributed by atoms with Gasteiger partial charge in [0.15, 0.2) is 0 Å². The van der Waals surface area contributed by atoms with Crippen LogP contribution in [0.5, 0.6) is 0 Å². The Kier molecular flexibility index (Phi) is 4.66. The van der Waals surface area contributed by atoms with Gasteiger partial charge < -0.3 is 5.32 Å². The van der Waals surface area contributed by atoms with E-state index in [4.69, 9.17) is 11.6 Å². The molecule has 3 rings (SSSR count). The highest BCUT2D eigenvalue weighted by atomic mass is 35.5. The van der Waals surface area contributed by atoms with Gasteiger partial charge in [-0.2, -0.15) is 0 Å². The number of carbonyl (C=O) groups excluding carboxylic acids is 1. The minimum absolute atomic E-state index is 0.0579. The molecule has 1 saturated heterocycles. The quantitative estimate of drug-likeness (QED) is 0.807. The van der Waals surface area contributed by atoms with E-state index in [0.717, 1.165) is 11.3 Å². The summed E-state index contributed by atoms with van der Waals surface area (Å²) < 4.78 is 0. The molecule has 0 radical (unpaired) electrons. The van der Waals surface area contributed by atoms with Gasteiger partial charge in [-0.3, -0.25) is 4.79 Å². The Bertz CT molecular complexity index is 715. The fraction of sp³-hybridized carbons (Fsp3) is 0.278. The number of nitrogens with one attached hydrogen (secondary N) is 3. The molecule has 1 aliphatic heterocycles. The fourth-order valence-electron chi connectivity index (χ4n) is 2.71. The molecule has 1 amide bonds. The minimum atomic E-state index is -0.278. The van der Waals surface area contributed by atoms with E-state index in [2.05, 4.69) is 47.4 Å². The van der Waals surface area contributed by atoms with Crippen molar-refractivity contribution in [3.05, 3.63) is 64.2 Å². The molecule has 4 nitrogen and oxygen atoms in total. The van der Waals surface area contributed by atoms with E-state index in [1.807, 2.05) is 25.1 Å². The highest BCUT2D eigenvalue weighted by molar-refractivity contribution is 6.31. The number of benzene rings is 2. The standard InChI is InChI=1S/C18H20ClN3O/c1-11-6-8-13(9-7-11)16-10-17(22-21-16)18(23)20-15-5-3-4-14(19)12(15)2/h3-9,16-17,21-22H,10H2,1-2H3,(H,20,23). The summed E-state index contributed by atoms with van der Waals surface area (Å²) in [5.74, 6) is -0.0579. The van der Waals surface area contributed by atoms with Gasteiger partial charge in [0.2, 0.25) is 5.91 Å². The van der Waals surface area contributed by atoms with Crippen molar-refractivity contribution in [1.29, 1.82) is 0 Å². The Morgan fingerprint density at radius 2 is 1.87 bits per heavy atom. The van der Waals surface area contributed by atoms with Crippen LogP contribution in [0.15, 0.2) is 42.5 Å². The topological polar surface area (TPSA) is 53.2 Å². The highest BCUT2D eigenvalue weighted by Crippen LogP contribution is 2.25. The Labute approximate surface area is 141 Å². The summed E-state index contributed by atoms with van der Waals surface area (Å²) in [5.41, 5.74) is 10.3. The van der Waals surface area contributed by atoms with Crippen LogP contribution in [-0.4, -0.2) is 11.9 Å². The molecule has 23 heavy (non-hydrogen) atoms. The zero-order valence-electron chi connectivity index (χ0n) is 13.2. The second-order valence-corrected chi connectivity index (χ2v) is 6.35. The van der Waals surface area contributed by atoms with Gasteiger partial charge in [0.25, 0.3) is 0 Å². The molecule has 1 aliphatic rings. The van der Waals surface area contributed by atoms with Gasteiger partial charge in [-0.05, 0) is 43.5 Å². The maximum Gasteiger partial charge on any atom is 0.242 e. The summed E-state index contributed by atoms with van der Waals surface area (Å²) in [7, 11) is 0. The van der Waals surface area contributed by atoms with E-state index in [1.54, 1.807) is 0 Å². The van der Waals surface area contributed by atoms with E-state index < -0.39 is 0 Å². The van der Waals surface area contributed by atoms with Crippen LogP contribution in [0.25, 0.3) is 0 Å². The number of hydrazine groups is 1. The first-order chi connectivity index (χ1) is 11.0. The lowest BCUT2D eigenvalue weighted by atomic mass is 10.0. The summed E-state index contributed by atoms with van der Waals surface area (Å²) in [4.78, 5) is 12.5. The lowest BCUT2D eigenvalue weighted by molar-refractivity contribution is -0.117. The van der Waals surface area contributed by atoms with Crippen molar-refractivity contribution in [2.24, 2.45) is 0 Å². The van der Waals surface area contributed by atoms with Crippen LogP contribution in [-0.2, 0) is 4.79 Å². The van der Waals surface area contributed by atoms with E-state index in [0.29, 0.717) is 11.4 Å². The normalized spacial score (nSPS) is 20.5. The van der Waals surface area contributed by atoms with Gasteiger partial charge in [-0.25, -0.2) is 10.9 Å². The molecule has 0 bridgehead atoms. The SMILES string of the molecule is Cc1ccc(C2CC(C(=O)Nc3cccc(Cl)c3C)NN2)cc1. The number of hydrogen-bond acceptors (Lipinski definition) is 3. The third kappa shape index (κ3) is 3.55. The van der Waals surface area contributed by atoms with Crippen molar-refractivity contribution >= 4 is 23.2 Å². The molecule has 0 saturated carbocycles. The lowest BCUT2D eigenvalue weighted by Gasteiger charge is -2.13. The average Bonchev–Trinajstić information content (AvgIpc) is 3.02. The van der Waals surface area contributed by atoms with E-state index in [9.17, 15) is 4.79 Å². The Hall–Kier alpha value is -1.88. The van der Waals surface area contributed by atoms with Gasteiger partial charge in [-0.15, -0.1) is 0 Å². The van der Waals surface area contributed by atoms with Crippen LogP contribution in [0.2, 0.25) is 5.02 Å². The van der Waals surface area contributed by atoms with Crippen LogP contribution in [0.4, 0.5) is 5.69 Å². The van der Waals surface area contributed by atoms with Crippen molar-refractivity contribution in [3.8, 4) is 0 Å². The van der Waals surface area contributed by atoms with Gasteiger partial charge in [0.1, 0.15) is 6.04 Å². The maximum atomic E-state index is 12.5. The Morgan fingerprint density at radius 3 is 2.61 bits per heavy atom. The molecule has 1 heterocycles. The monoisotopic (exact) mass is 329 g/mol. The van der Waals surface area contributed by atoms with E-state index in [-0.39, 0.29) is 18.0 Å². The van der Waals surface area contributed by atoms with Crippen molar-refractivity contribution in [3.63, 3.8) is 0 Å². The molecule has 0 spiro atoms. The molecule has 1 fully saturated rings. The number of anilines is 1. The molecule has 0 aliphatic carbocycles. The number of aryl methyl sites for hydroxylation is 1. The predicted molar refractivity (Wildman–Crippen MR) is 93.4 cm³/mol. The summed E-state index contributed by atoms with van der Waals surface area (Å²) in [5, 5.41) is 3.60. The van der Waals surface area contributed by atoms with Gasteiger partial charge in [0.05, 0.1) is 0 Å². The van der Waals surface area contributed by atoms with Crippen LogP contribution < -0.4 is 16.2 Å². The molecule has 2 aromatic rings. The van der Waals surface area contributed by atoms with Crippen LogP contribution in [0.3, 0.4) is 0 Å². The van der Waals surface area contributed by atoms with Crippen LogP contribution >= 0.6 is 11.6 Å². The molecule has 5 heteroatoms. The van der Waals surface area contributed by atoms with Gasteiger partial charge >= 0.3 is 0 Å². The predicted octanol–water partition coefficient (Wildman–Crippen LogP) is 3.50. The van der Waals surface area contributed by atoms with E-state index >= 15 is 0 Å². The summed E-state index contributed by atoms with van der Waals surface area (Å²) in [6.45, 7) is 3.96. The first-order valence-electron chi connectivity index (χ1n) is 7.68. The fourth-order valence-corrected chi connectivity index (χ4v) is 2.88. The van der Waals surface area contributed by atoms with Crippen molar-refractivity contribution < 1.29 is 4.79 Å². The molecule has 2 aromatic carbocycles. The summed E-state index contributed by atoms with van der Waals surface area (Å²) in [6, 6.07) is 13.7. The molecular formula is C18H20ClN3O. The van der Waals surface area contributed by atoms with Crippen molar-refractivity contribution in [2.45, 2.75) is 32.4 Å². The summed E-state index contributed by atoms with van der Waals surface area (Å²) >= 11 is 6.09. The second-order valence-electron chi connectivity index (χ2n) is 5.94. The lowest BCUT2D eigenvalue weighted by Crippen LogP contribution is -2.39. The molecule has 2 atom stereocenters. The van der Waals surface area contributed by atoms with Crippen molar-refractivity contribution in [2.75, 3.05) is 5.32 Å². The zero-order valence-corrected chi connectivity index (χ0v) is 13.9. The number of halogens is 1. The number of amides is 1. The Morgan fingerprint density at radius 1 is 1.13 bits per heavy atom. The van der Waals surface area contributed by atoms with E-state index in [1.165, 1.54) is 11.1 Å². The number of hydrogen-bond donors (Lipinski definition) is 3. The number of rotatable bonds is 3. The van der Waals surface area contributed by atoms with Crippen LogP contribution in [0, 0.1) is 13.8 Å². The van der Waals surface area contributed by atoms with Crippen molar-refractivity contribution in [1.82, 2.24) is 10.9 Å². The van der Waals surface area contributed by atoms with Gasteiger partial charge in [0, 0.05) is 16.8 Å². The molecular weight excluding hydrogens is 310 g/mol. The van der Waals surface area contributed by atoms with Gasteiger partial charge in [-0.1, -0.05) is 47.5 Å². The zero-order chi connectivity index (χ0) is 16.4. The first-order valence-corrected chi connectivity index (χ1v) is 8.06. The summed E-state index contributed by atoms with van der Waals surface area (Å²) in [6.07, 6.45) is 0.703. The first kappa shape index (κ1) is 16.0. The third-order valence-corrected chi connectivity index (χ3v) is 4.63. The second kappa shape index (κ2) is 6.71. The van der Waals surface area contributed by atoms with Crippen LogP contribution in [0.1, 0.15) is 29.2 Å². The maximum absolute atomic E-state index is 12.5. The third-order valence-electron chi connectivity index (χ3n) is 4.22. The molecule has 120 valence electrons. The number of carbonyl (C=O) groups is 1.